The van der Waals surface area contributed by atoms with Gasteiger partial charge in [-0.2, -0.15) is 4.37 Å². The van der Waals surface area contributed by atoms with E-state index in [0.29, 0.717) is 24.3 Å². The number of hydrogen-bond acceptors (Lipinski definition) is 6. The van der Waals surface area contributed by atoms with Gasteiger partial charge >= 0.3 is 0 Å². The maximum Gasteiger partial charge on any atom is 0.269 e. The van der Waals surface area contributed by atoms with Gasteiger partial charge in [0.05, 0.1) is 16.5 Å². The van der Waals surface area contributed by atoms with Gasteiger partial charge in [0.1, 0.15) is 12.0 Å². The van der Waals surface area contributed by atoms with Crippen molar-refractivity contribution in [3.63, 3.8) is 0 Å². The molecule has 7 nitrogen and oxygen atoms in total. The molecule has 0 unspecified atom stereocenters. The molecule has 0 bridgehead atoms. The van der Waals surface area contributed by atoms with E-state index >= 15 is 0 Å². The van der Waals surface area contributed by atoms with E-state index in [-0.39, 0.29) is 5.91 Å². The lowest BCUT2D eigenvalue weighted by Gasteiger charge is -2.36. The third kappa shape index (κ3) is 2.85. The van der Waals surface area contributed by atoms with Gasteiger partial charge in [-0.15, -0.1) is 0 Å². The second-order valence-corrected chi connectivity index (χ2v) is 6.67. The van der Waals surface area contributed by atoms with Crippen LogP contribution in [0.15, 0.2) is 41.2 Å². The van der Waals surface area contributed by atoms with Gasteiger partial charge in [0.15, 0.2) is 0 Å². The SMILES string of the molecule is NC(=O)c1nsc2cc(N3CCN(C(=O)c4ccoc4)CC3)ccc12. The van der Waals surface area contributed by atoms with Crippen LogP contribution in [0.3, 0.4) is 0 Å². The predicted octanol–water partition coefficient (Wildman–Crippen LogP) is 1.95. The molecule has 2 aromatic heterocycles. The van der Waals surface area contributed by atoms with E-state index in [9.17, 15) is 9.59 Å². The zero-order valence-corrected chi connectivity index (χ0v) is 14.2. The largest absolute Gasteiger partial charge is 0.472 e. The minimum Gasteiger partial charge on any atom is -0.472 e. The van der Waals surface area contributed by atoms with Crippen molar-refractivity contribution in [1.82, 2.24) is 9.27 Å². The molecule has 0 spiro atoms. The summed E-state index contributed by atoms with van der Waals surface area (Å²) in [5.74, 6) is -0.511. The highest BCUT2D eigenvalue weighted by Gasteiger charge is 2.23. The first-order valence-corrected chi connectivity index (χ1v) is 8.66. The van der Waals surface area contributed by atoms with Crippen molar-refractivity contribution in [1.29, 1.82) is 0 Å². The number of carbonyl (C=O) groups is 2. The van der Waals surface area contributed by atoms with Crippen molar-refractivity contribution >= 4 is 39.1 Å². The second-order valence-electron chi connectivity index (χ2n) is 5.87. The van der Waals surface area contributed by atoms with E-state index in [2.05, 4.69) is 9.27 Å². The molecule has 3 aromatic rings. The lowest BCUT2D eigenvalue weighted by molar-refractivity contribution is 0.0746. The van der Waals surface area contributed by atoms with Gasteiger partial charge in [0.25, 0.3) is 11.8 Å². The first-order valence-electron chi connectivity index (χ1n) is 7.89. The van der Waals surface area contributed by atoms with E-state index < -0.39 is 5.91 Å². The van der Waals surface area contributed by atoms with Gasteiger partial charge in [0, 0.05) is 37.3 Å². The number of nitrogens with two attached hydrogens (primary N) is 1. The molecule has 2 N–H and O–H groups in total. The number of aromatic nitrogens is 1. The fourth-order valence-corrected chi connectivity index (χ4v) is 3.85. The highest BCUT2D eigenvalue weighted by atomic mass is 32.1. The van der Waals surface area contributed by atoms with Crippen LogP contribution in [-0.2, 0) is 0 Å². The monoisotopic (exact) mass is 356 g/mol. The summed E-state index contributed by atoms with van der Waals surface area (Å²) in [6, 6.07) is 7.56. The average molecular weight is 356 g/mol. The number of fused-ring (bicyclic) bond motifs is 1. The normalized spacial score (nSPS) is 14.9. The van der Waals surface area contributed by atoms with Crippen LogP contribution in [0.1, 0.15) is 20.8 Å². The van der Waals surface area contributed by atoms with E-state index in [4.69, 9.17) is 10.2 Å². The maximum absolute atomic E-state index is 12.3. The number of anilines is 1. The Morgan fingerprint density at radius 1 is 1.16 bits per heavy atom. The Labute approximate surface area is 147 Å². The van der Waals surface area contributed by atoms with Crippen molar-refractivity contribution in [2.45, 2.75) is 0 Å². The molecule has 3 heterocycles. The molecule has 1 saturated heterocycles. The Morgan fingerprint density at radius 3 is 2.64 bits per heavy atom. The van der Waals surface area contributed by atoms with Gasteiger partial charge in [-0.1, -0.05) is 0 Å². The summed E-state index contributed by atoms with van der Waals surface area (Å²) in [5.41, 5.74) is 7.30. The molecule has 128 valence electrons. The van der Waals surface area contributed by atoms with Crippen LogP contribution in [0.5, 0.6) is 0 Å². The van der Waals surface area contributed by atoms with Crippen molar-refractivity contribution in [3.05, 3.63) is 48.0 Å². The number of rotatable bonds is 3. The third-order valence-corrected chi connectivity index (χ3v) is 5.20. The summed E-state index contributed by atoms with van der Waals surface area (Å²) in [4.78, 5) is 27.8. The van der Waals surface area contributed by atoms with Gasteiger partial charge < -0.3 is 20.0 Å². The lowest BCUT2D eigenvalue weighted by atomic mass is 10.1. The van der Waals surface area contributed by atoms with Gasteiger partial charge in [-0.3, -0.25) is 9.59 Å². The zero-order chi connectivity index (χ0) is 17.4. The quantitative estimate of drug-likeness (QED) is 0.774. The zero-order valence-electron chi connectivity index (χ0n) is 13.3. The number of primary amides is 1. The minimum atomic E-state index is -0.509. The highest BCUT2D eigenvalue weighted by Crippen LogP contribution is 2.28. The van der Waals surface area contributed by atoms with Gasteiger partial charge in [-0.25, -0.2) is 0 Å². The number of amides is 2. The summed E-state index contributed by atoms with van der Waals surface area (Å²) in [6.45, 7) is 2.79. The van der Waals surface area contributed by atoms with Crippen LogP contribution in [-0.4, -0.2) is 47.3 Å². The molecule has 1 aliphatic heterocycles. The number of hydrogen-bond donors (Lipinski definition) is 1. The van der Waals surface area contributed by atoms with Crippen LogP contribution in [0.4, 0.5) is 5.69 Å². The van der Waals surface area contributed by atoms with Gasteiger partial charge in [-0.05, 0) is 35.8 Å². The molecule has 1 fully saturated rings. The summed E-state index contributed by atoms with van der Waals surface area (Å²) >= 11 is 1.27. The van der Waals surface area contributed by atoms with Crippen molar-refractivity contribution in [2.75, 3.05) is 31.1 Å². The second kappa shape index (κ2) is 6.21. The smallest absolute Gasteiger partial charge is 0.269 e. The standard InChI is InChI=1S/C17H16N4O3S/c18-16(22)15-13-2-1-12(9-14(13)25-19-15)20-4-6-21(7-5-20)17(23)11-3-8-24-10-11/h1-3,8-10H,4-7H2,(H2,18,22). The number of carbonyl (C=O) groups excluding carboxylic acids is 2. The molecule has 4 rings (SSSR count). The van der Waals surface area contributed by atoms with E-state index in [1.807, 2.05) is 23.1 Å². The summed E-state index contributed by atoms with van der Waals surface area (Å²) in [6.07, 6.45) is 2.98. The van der Waals surface area contributed by atoms with Crippen LogP contribution >= 0.6 is 11.5 Å². The first-order chi connectivity index (χ1) is 12.1. The Kier molecular flexibility index (Phi) is 3.89. The Morgan fingerprint density at radius 2 is 1.96 bits per heavy atom. The fraction of sp³-hybridized carbons (Fsp3) is 0.235. The van der Waals surface area contributed by atoms with Crippen molar-refractivity contribution in [2.24, 2.45) is 5.73 Å². The number of furan rings is 1. The Balaban J connectivity index is 1.48. The number of piperazine rings is 1. The molecule has 2 amide bonds. The lowest BCUT2D eigenvalue weighted by Crippen LogP contribution is -2.48. The summed E-state index contributed by atoms with van der Waals surface area (Å²) < 4.78 is 10.0. The van der Waals surface area contributed by atoms with E-state index in [1.54, 1.807) is 6.07 Å². The van der Waals surface area contributed by atoms with E-state index in [0.717, 1.165) is 28.9 Å². The molecule has 1 aromatic carbocycles. The Hall–Kier alpha value is -2.87. The van der Waals surface area contributed by atoms with E-state index in [1.165, 1.54) is 24.1 Å². The van der Waals surface area contributed by atoms with Crippen molar-refractivity contribution in [3.8, 4) is 0 Å². The van der Waals surface area contributed by atoms with Crippen LogP contribution < -0.4 is 10.6 Å². The topological polar surface area (TPSA) is 92.7 Å². The number of nitrogens with zero attached hydrogens (tertiary/aromatic N) is 3. The first kappa shape index (κ1) is 15.6. The maximum atomic E-state index is 12.3. The third-order valence-electron chi connectivity index (χ3n) is 4.39. The predicted molar refractivity (Wildman–Crippen MR) is 95.0 cm³/mol. The number of benzene rings is 1. The fourth-order valence-electron chi connectivity index (χ4n) is 3.04. The molecule has 25 heavy (non-hydrogen) atoms. The molecule has 0 radical (unpaired) electrons. The van der Waals surface area contributed by atoms with Crippen LogP contribution in [0.2, 0.25) is 0 Å². The summed E-state index contributed by atoms with van der Waals surface area (Å²) in [5, 5.41) is 0.787. The summed E-state index contributed by atoms with van der Waals surface area (Å²) in [7, 11) is 0. The van der Waals surface area contributed by atoms with Gasteiger partial charge in [0.2, 0.25) is 0 Å². The molecular weight excluding hydrogens is 340 g/mol. The molecular formula is C17H16N4O3S. The Bertz CT molecular complexity index is 927. The minimum absolute atomic E-state index is 0.00240. The molecule has 8 heteroatoms. The van der Waals surface area contributed by atoms with Crippen LogP contribution in [0, 0.1) is 0 Å². The average Bonchev–Trinajstić information content (AvgIpc) is 3.30. The molecule has 0 aliphatic carbocycles. The molecule has 0 saturated carbocycles. The van der Waals surface area contributed by atoms with Crippen LogP contribution in [0.25, 0.3) is 10.1 Å². The van der Waals surface area contributed by atoms with Crippen molar-refractivity contribution < 1.29 is 14.0 Å². The molecule has 1 aliphatic rings. The molecule has 0 atom stereocenters. The highest BCUT2D eigenvalue weighted by molar-refractivity contribution is 7.13.